The van der Waals surface area contributed by atoms with Crippen molar-refractivity contribution >= 4 is 21.6 Å². The van der Waals surface area contributed by atoms with E-state index < -0.39 is 0 Å². The fourth-order valence-corrected chi connectivity index (χ4v) is 0.465. The van der Waals surface area contributed by atoms with Gasteiger partial charge in [0.15, 0.2) is 0 Å². The quantitative estimate of drug-likeness (QED) is 0.454. The van der Waals surface area contributed by atoms with Gasteiger partial charge in [0.2, 0.25) is 0 Å². The summed E-state index contributed by atoms with van der Waals surface area (Å²) in [6.07, 6.45) is 0.637. The number of rotatable bonds is 0. The maximum atomic E-state index is 10.1. The Labute approximate surface area is 67.5 Å². The van der Waals surface area contributed by atoms with Crippen LogP contribution in [0.25, 0.3) is 5.32 Å². The fraction of sp³-hybridized carbons (Fsp3) is 0.500. The Balaban J connectivity index is 0.000000291. The van der Waals surface area contributed by atoms with Crippen LogP contribution in [0.2, 0.25) is 0 Å². The Morgan fingerprint density at radius 1 is 1.22 bits per heavy atom. The van der Waals surface area contributed by atoms with Crippen LogP contribution in [0.15, 0.2) is 0 Å². The Hall–Kier alpha value is 0.0483. The molecular formula is C4H4MoNO2S-. The van der Waals surface area contributed by atoms with Gasteiger partial charge in [-0.1, -0.05) is 0 Å². The normalized spacial score (nSPS) is 16.0. The van der Waals surface area contributed by atoms with Crippen molar-refractivity contribution in [3.63, 3.8) is 0 Å². The van der Waals surface area contributed by atoms with Crippen LogP contribution in [0.3, 0.4) is 0 Å². The number of hydrogen-bond acceptors (Lipinski definition) is 3. The summed E-state index contributed by atoms with van der Waals surface area (Å²) in [5.41, 5.74) is 0. The molecule has 0 aromatic carbocycles. The van der Waals surface area contributed by atoms with E-state index in [1.54, 1.807) is 0 Å². The molecule has 1 heterocycles. The first-order valence-corrected chi connectivity index (χ1v) is 5.02. The standard InChI is InChI=1S/C4H5NO2.Mo.S/c6-3-1-2-4(7)5-3;;/h1-2H2,(H,5,6,7);;/p-1. The molecule has 50 valence electrons. The van der Waals surface area contributed by atoms with Crippen molar-refractivity contribution in [2.24, 2.45) is 0 Å². The van der Waals surface area contributed by atoms with Crippen molar-refractivity contribution in [1.29, 1.82) is 0 Å². The van der Waals surface area contributed by atoms with Gasteiger partial charge in [0.05, 0.1) is 11.8 Å². The maximum absolute atomic E-state index is 10.1. The van der Waals surface area contributed by atoms with Crippen LogP contribution in [0.1, 0.15) is 12.8 Å². The predicted octanol–water partition coefficient (Wildman–Crippen LogP) is 0.853. The van der Waals surface area contributed by atoms with Gasteiger partial charge in [0, 0.05) is 0 Å². The molecule has 1 aliphatic heterocycles. The van der Waals surface area contributed by atoms with Gasteiger partial charge in [-0.05, 0) is 12.8 Å². The van der Waals surface area contributed by atoms with Crippen LogP contribution in [-0.4, -0.2) is 11.8 Å². The molecule has 9 heavy (non-hydrogen) atoms. The third kappa shape index (κ3) is 3.60. The second kappa shape index (κ2) is 4.88. The van der Waals surface area contributed by atoms with E-state index in [0.29, 0.717) is 12.8 Å². The molecule has 0 N–H and O–H groups in total. The summed E-state index contributed by atoms with van der Waals surface area (Å²) in [6, 6.07) is 0. The molecule has 0 aliphatic carbocycles. The number of nitrogens with zero attached hydrogens (tertiary/aromatic N) is 1. The molecule has 0 atom stereocenters. The molecule has 0 aromatic heterocycles. The predicted molar refractivity (Wildman–Crippen MR) is 30.2 cm³/mol. The van der Waals surface area contributed by atoms with Gasteiger partial charge in [-0.2, -0.15) is 0 Å². The Kier molecular flexibility index (Phi) is 4.91. The zero-order chi connectivity index (χ0) is 7.28. The third-order valence-corrected chi connectivity index (χ3v) is 0.802. The van der Waals surface area contributed by atoms with E-state index in [1.807, 2.05) is 0 Å². The average Bonchev–Trinajstić information content (AvgIpc) is 2.20. The molecule has 3 nitrogen and oxygen atoms in total. The van der Waals surface area contributed by atoms with Gasteiger partial charge in [-0.15, -0.1) is 0 Å². The van der Waals surface area contributed by atoms with Crippen molar-refractivity contribution in [3.05, 3.63) is 5.32 Å². The van der Waals surface area contributed by atoms with Crippen molar-refractivity contribution in [1.82, 2.24) is 0 Å². The first-order valence-electron chi connectivity index (χ1n) is 2.23. The molecule has 5 heteroatoms. The zero-order valence-corrected chi connectivity index (χ0v) is 7.32. The minimum atomic E-state index is -0.273. The van der Waals surface area contributed by atoms with E-state index in [4.69, 9.17) is 0 Å². The number of hydrogen-bond donors (Lipinski definition) is 0. The Morgan fingerprint density at radius 2 is 1.56 bits per heavy atom. The van der Waals surface area contributed by atoms with Crippen molar-refractivity contribution in [2.75, 3.05) is 0 Å². The summed E-state index contributed by atoms with van der Waals surface area (Å²) >= 11 is 1.53. The van der Waals surface area contributed by atoms with Gasteiger partial charge in [-0.3, -0.25) is 0 Å². The van der Waals surface area contributed by atoms with E-state index >= 15 is 0 Å². The van der Waals surface area contributed by atoms with Crippen LogP contribution in [0, 0.1) is 0 Å². The Morgan fingerprint density at radius 3 is 1.67 bits per heavy atom. The van der Waals surface area contributed by atoms with Crippen LogP contribution in [0.4, 0.5) is 0 Å². The summed E-state index contributed by atoms with van der Waals surface area (Å²) in [6.45, 7) is 0. The first-order chi connectivity index (χ1) is 4.29. The monoisotopic (exact) mass is 228 g/mol. The molecule has 1 aliphatic rings. The van der Waals surface area contributed by atoms with Crippen LogP contribution in [0.5, 0.6) is 0 Å². The minimum absolute atomic E-state index is 0.273. The van der Waals surface area contributed by atoms with Gasteiger partial charge < -0.3 is 14.9 Å². The second-order valence-corrected chi connectivity index (χ2v) is 1.40. The van der Waals surface area contributed by atoms with Gasteiger partial charge in [0.25, 0.3) is 0 Å². The van der Waals surface area contributed by atoms with Gasteiger partial charge >= 0.3 is 27.8 Å². The summed E-state index contributed by atoms with van der Waals surface area (Å²) < 4.78 is 0. The average molecular weight is 226 g/mol. The molecule has 0 unspecified atom stereocenters. The molecule has 0 bridgehead atoms. The van der Waals surface area contributed by atoms with Crippen molar-refractivity contribution in [3.8, 4) is 0 Å². The van der Waals surface area contributed by atoms with Crippen LogP contribution >= 0.6 is 9.82 Å². The third-order valence-electron chi connectivity index (χ3n) is 0.802. The van der Waals surface area contributed by atoms with Gasteiger partial charge in [-0.25, -0.2) is 0 Å². The Bertz CT molecular complexity index is 125. The SMILES string of the molecule is O=C1CCC(=O)[N-]1.[S]=[Mo]. The number of amides is 2. The topological polar surface area (TPSA) is 48.2 Å². The van der Waals surface area contributed by atoms with E-state index in [1.165, 1.54) is 18.0 Å². The molecule has 0 saturated carbocycles. The van der Waals surface area contributed by atoms with Crippen molar-refractivity contribution in [2.45, 2.75) is 12.8 Å². The van der Waals surface area contributed by atoms with Gasteiger partial charge in [0.1, 0.15) is 0 Å². The fourth-order valence-electron chi connectivity index (χ4n) is 0.465. The molecule has 0 spiro atoms. The molecule has 0 radical (unpaired) electrons. The van der Waals surface area contributed by atoms with E-state index in [0.717, 1.165) is 0 Å². The van der Waals surface area contributed by atoms with Crippen LogP contribution in [-0.2, 0) is 27.6 Å². The molecule has 1 rings (SSSR count). The summed E-state index contributed by atoms with van der Waals surface area (Å²) in [5.74, 6) is -0.546. The number of carbonyl (C=O) groups excluding carboxylic acids is 2. The second-order valence-electron chi connectivity index (χ2n) is 1.40. The molecular weight excluding hydrogens is 222 g/mol. The van der Waals surface area contributed by atoms with Crippen molar-refractivity contribution < 1.29 is 27.6 Å². The molecule has 1 saturated heterocycles. The summed E-state index contributed by atoms with van der Waals surface area (Å²) in [7, 11) is 4.09. The molecule has 0 aromatic rings. The van der Waals surface area contributed by atoms with E-state index in [9.17, 15) is 9.59 Å². The van der Waals surface area contributed by atoms with E-state index in [-0.39, 0.29) is 11.8 Å². The first kappa shape index (κ1) is 9.05. The van der Waals surface area contributed by atoms with E-state index in [2.05, 4.69) is 15.1 Å². The zero-order valence-electron chi connectivity index (χ0n) is 4.49. The molecule has 1 fully saturated rings. The summed E-state index contributed by atoms with van der Waals surface area (Å²) in [5, 5.41) is 3.11. The number of imide groups is 1. The van der Waals surface area contributed by atoms with Crippen LogP contribution < -0.4 is 0 Å². The molecule has 2 amide bonds. The number of carbonyl (C=O) groups is 2. The summed E-state index contributed by atoms with van der Waals surface area (Å²) in [4.78, 5) is 20.1.